The van der Waals surface area contributed by atoms with Gasteiger partial charge in [0.15, 0.2) is 0 Å². The zero-order valence-corrected chi connectivity index (χ0v) is 10.5. The Bertz CT molecular complexity index is 110. The predicted octanol–water partition coefficient (Wildman–Crippen LogP) is 4.89. The van der Waals surface area contributed by atoms with Gasteiger partial charge in [0.05, 0.1) is 0 Å². The number of hydrogen-bond acceptors (Lipinski definition) is 0. The highest BCUT2D eigenvalue weighted by Crippen LogP contribution is 2.61. The minimum Gasteiger partial charge on any atom is -0.0683 e. The van der Waals surface area contributed by atoms with Crippen LogP contribution >= 0.6 is 0 Å². The normalized spacial score (nSPS) is 32.8. The van der Waals surface area contributed by atoms with Crippen molar-refractivity contribution in [1.82, 2.24) is 0 Å². The van der Waals surface area contributed by atoms with Gasteiger partial charge in [-0.25, -0.2) is 0 Å². The second kappa shape index (κ2) is 5.67. The second-order valence-corrected chi connectivity index (χ2v) is 4.36. The van der Waals surface area contributed by atoms with E-state index in [1.165, 1.54) is 12.8 Å². The van der Waals surface area contributed by atoms with E-state index in [-0.39, 0.29) is 0 Å². The molecular weight excluding hydrogens is 156 g/mol. The zero-order chi connectivity index (χ0) is 10.5. The maximum absolute atomic E-state index is 2.41. The second-order valence-electron chi connectivity index (χ2n) is 4.36. The van der Waals surface area contributed by atoms with E-state index < -0.39 is 0 Å². The Kier molecular flexibility index (Phi) is 5.67. The van der Waals surface area contributed by atoms with Gasteiger partial charge in [0.2, 0.25) is 0 Å². The van der Waals surface area contributed by atoms with E-state index >= 15 is 0 Å². The quantitative estimate of drug-likeness (QED) is 0.503. The average molecular weight is 184 g/mol. The molecular formula is C13H28. The van der Waals surface area contributed by atoms with Gasteiger partial charge in [0, 0.05) is 0 Å². The molecule has 2 aliphatic rings. The molecule has 0 N–H and O–H groups in total. The van der Waals surface area contributed by atoms with E-state index in [1.54, 1.807) is 12.8 Å². The first-order chi connectivity index (χ1) is 6.22. The van der Waals surface area contributed by atoms with E-state index in [0.29, 0.717) is 0 Å². The SMILES string of the molecule is CC.CC.CC1CC2(CC2)CC1C. The van der Waals surface area contributed by atoms with Gasteiger partial charge in [-0.1, -0.05) is 41.5 Å². The Morgan fingerprint density at radius 2 is 1.08 bits per heavy atom. The molecule has 0 aliphatic heterocycles. The predicted molar refractivity (Wildman–Crippen MR) is 61.9 cm³/mol. The Morgan fingerprint density at radius 1 is 0.769 bits per heavy atom. The van der Waals surface area contributed by atoms with Gasteiger partial charge in [0.1, 0.15) is 0 Å². The molecule has 0 aromatic carbocycles. The monoisotopic (exact) mass is 184 g/mol. The van der Waals surface area contributed by atoms with E-state index in [1.807, 2.05) is 27.7 Å². The van der Waals surface area contributed by atoms with Crippen LogP contribution in [0.4, 0.5) is 0 Å². The lowest BCUT2D eigenvalue weighted by molar-refractivity contribution is 0.457. The van der Waals surface area contributed by atoms with Crippen LogP contribution in [0.15, 0.2) is 0 Å². The minimum absolute atomic E-state index is 0.888. The topological polar surface area (TPSA) is 0 Å². The van der Waals surface area contributed by atoms with Gasteiger partial charge in [0.25, 0.3) is 0 Å². The fourth-order valence-electron chi connectivity index (χ4n) is 2.44. The summed E-state index contributed by atoms with van der Waals surface area (Å²) in [6, 6.07) is 0. The third-order valence-electron chi connectivity index (χ3n) is 3.44. The summed E-state index contributed by atoms with van der Waals surface area (Å²) in [6.07, 6.45) is 6.16. The van der Waals surface area contributed by atoms with Crippen LogP contribution in [-0.2, 0) is 0 Å². The Hall–Kier alpha value is 0. The molecule has 0 aromatic heterocycles. The molecule has 0 radical (unpaired) electrons. The molecule has 1 spiro atoms. The lowest BCUT2D eigenvalue weighted by Crippen LogP contribution is -1.95. The van der Waals surface area contributed by atoms with Crippen LogP contribution in [0, 0.1) is 17.3 Å². The van der Waals surface area contributed by atoms with Crippen molar-refractivity contribution < 1.29 is 0 Å². The van der Waals surface area contributed by atoms with Crippen molar-refractivity contribution in [1.29, 1.82) is 0 Å². The molecule has 0 bridgehead atoms. The fourth-order valence-corrected chi connectivity index (χ4v) is 2.44. The highest BCUT2D eigenvalue weighted by Gasteiger charge is 2.49. The molecule has 2 saturated carbocycles. The lowest BCUT2D eigenvalue weighted by Gasteiger charge is -2.04. The first kappa shape index (κ1) is 13.0. The van der Waals surface area contributed by atoms with Gasteiger partial charge in [-0.15, -0.1) is 0 Å². The summed E-state index contributed by atoms with van der Waals surface area (Å²) in [5.41, 5.74) is 0.888. The molecule has 0 heterocycles. The molecule has 0 heteroatoms. The molecule has 2 rings (SSSR count). The van der Waals surface area contributed by atoms with Gasteiger partial charge in [-0.2, -0.15) is 0 Å². The molecule has 0 aromatic rings. The van der Waals surface area contributed by atoms with Gasteiger partial charge in [-0.3, -0.25) is 0 Å². The molecule has 80 valence electrons. The third kappa shape index (κ3) is 3.32. The van der Waals surface area contributed by atoms with Crippen molar-refractivity contribution in [3.05, 3.63) is 0 Å². The summed E-state index contributed by atoms with van der Waals surface area (Å²) < 4.78 is 0. The smallest absolute Gasteiger partial charge is 0.0292 e. The molecule has 0 nitrogen and oxygen atoms in total. The highest BCUT2D eigenvalue weighted by molar-refractivity contribution is 5.00. The fraction of sp³-hybridized carbons (Fsp3) is 1.00. The molecule has 0 saturated heterocycles. The Morgan fingerprint density at radius 3 is 1.23 bits per heavy atom. The first-order valence-corrected chi connectivity index (χ1v) is 6.22. The third-order valence-corrected chi connectivity index (χ3v) is 3.44. The summed E-state index contributed by atoms with van der Waals surface area (Å²) in [4.78, 5) is 0. The van der Waals surface area contributed by atoms with Crippen LogP contribution in [0.3, 0.4) is 0 Å². The first-order valence-electron chi connectivity index (χ1n) is 6.22. The van der Waals surface area contributed by atoms with E-state index in [4.69, 9.17) is 0 Å². The molecule has 2 fully saturated rings. The molecule has 0 amide bonds. The highest BCUT2D eigenvalue weighted by atomic mass is 14.5. The minimum atomic E-state index is 0.888. The molecule has 2 atom stereocenters. The van der Waals surface area contributed by atoms with Crippen LogP contribution in [0.2, 0.25) is 0 Å². The van der Waals surface area contributed by atoms with Gasteiger partial charge >= 0.3 is 0 Å². The summed E-state index contributed by atoms with van der Waals surface area (Å²) in [5, 5.41) is 0. The molecule has 2 unspecified atom stereocenters. The van der Waals surface area contributed by atoms with Crippen LogP contribution in [0.5, 0.6) is 0 Å². The Balaban J connectivity index is 0.000000322. The van der Waals surface area contributed by atoms with E-state index in [0.717, 1.165) is 17.3 Å². The van der Waals surface area contributed by atoms with Crippen molar-refractivity contribution >= 4 is 0 Å². The van der Waals surface area contributed by atoms with E-state index in [2.05, 4.69) is 13.8 Å². The summed E-state index contributed by atoms with van der Waals surface area (Å²) in [7, 11) is 0. The maximum Gasteiger partial charge on any atom is -0.0292 e. The van der Waals surface area contributed by atoms with Crippen LogP contribution in [0.25, 0.3) is 0 Å². The van der Waals surface area contributed by atoms with Crippen LogP contribution in [-0.4, -0.2) is 0 Å². The van der Waals surface area contributed by atoms with Crippen molar-refractivity contribution in [3.8, 4) is 0 Å². The van der Waals surface area contributed by atoms with E-state index in [9.17, 15) is 0 Å². The van der Waals surface area contributed by atoms with Gasteiger partial charge in [-0.05, 0) is 42.9 Å². The lowest BCUT2D eigenvalue weighted by atomic mass is 10.0. The Labute approximate surface area is 85.1 Å². The number of rotatable bonds is 0. The van der Waals surface area contributed by atoms with Crippen LogP contribution < -0.4 is 0 Å². The molecule has 2 aliphatic carbocycles. The molecule has 13 heavy (non-hydrogen) atoms. The summed E-state index contributed by atoms with van der Waals surface area (Å²) in [6.45, 7) is 12.8. The van der Waals surface area contributed by atoms with Crippen LogP contribution in [0.1, 0.15) is 67.2 Å². The number of hydrogen-bond donors (Lipinski definition) is 0. The standard InChI is InChI=1S/C9H16.2C2H6/c1-7-5-9(3-4-9)6-8(7)2;2*1-2/h7-8H,3-6H2,1-2H3;2*1-2H3. The van der Waals surface area contributed by atoms with Crippen molar-refractivity contribution in [3.63, 3.8) is 0 Å². The zero-order valence-electron chi connectivity index (χ0n) is 10.5. The van der Waals surface area contributed by atoms with Crippen molar-refractivity contribution in [2.75, 3.05) is 0 Å². The van der Waals surface area contributed by atoms with Crippen molar-refractivity contribution in [2.45, 2.75) is 67.2 Å². The van der Waals surface area contributed by atoms with Gasteiger partial charge < -0.3 is 0 Å². The largest absolute Gasteiger partial charge is 0.0683 e. The average Bonchev–Trinajstić information content (AvgIpc) is 2.84. The summed E-state index contributed by atoms with van der Waals surface area (Å²) in [5.74, 6) is 2.04. The van der Waals surface area contributed by atoms with Crippen molar-refractivity contribution in [2.24, 2.45) is 17.3 Å². The summed E-state index contributed by atoms with van der Waals surface area (Å²) >= 11 is 0. The maximum atomic E-state index is 2.41.